The van der Waals surface area contributed by atoms with Crippen LogP contribution in [-0.2, 0) is 0 Å². The van der Waals surface area contributed by atoms with Crippen molar-refractivity contribution in [3.63, 3.8) is 0 Å². The Labute approximate surface area is 181 Å². The minimum absolute atomic E-state index is 0.0456. The molecule has 4 rings (SSSR count). The van der Waals surface area contributed by atoms with E-state index in [0.29, 0.717) is 28.7 Å². The summed E-state index contributed by atoms with van der Waals surface area (Å²) in [6.45, 7) is 4.02. The number of aryl methyl sites for hydroxylation is 1. The number of rotatable bonds is 3. The van der Waals surface area contributed by atoms with Gasteiger partial charge in [0, 0.05) is 40.9 Å². The Kier molecular flexibility index (Phi) is 5.79. The predicted octanol–water partition coefficient (Wildman–Crippen LogP) is 6.01. The van der Waals surface area contributed by atoms with Gasteiger partial charge in [0.2, 0.25) is 0 Å². The minimum atomic E-state index is -0.0520. The highest BCUT2D eigenvalue weighted by Gasteiger charge is 2.32. The van der Waals surface area contributed by atoms with E-state index in [4.69, 9.17) is 23.2 Å². The van der Waals surface area contributed by atoms with Crippen LogP contribution in [0.25, 0.3) is 0 Å². The molecular weight excluding hydrogens is 403 g/mol. The van der Waals surface area contributed by atoms with Gasteiger partial charge in [0.25, 0.3) is 5.91 Å². The Morgan fingerprint density at radius 1 is 0.931 bits per heavy atom. The average molecular weight is 425 g/mol. The highest BCUT2D eigenvalue weighted by molar-refractivity contribution is 6.35. The van der Waals surface area contributed by atoms with Crippen LogP contribution in [0.1, 0.15) is 27.5 Å². The fourth-order valence-electron chi connectivity index (χ4n) is 3.81. The molecule has 1 saturated heterocycles. The molecule has 29 heavy (non-hydrogen) atoms. The first-order chi connectivity index (χ1) is 14.0. The lowest BCUT2D eigenvalue weighted by Gasteiger charge is -2.43. The van der Waals surface area contributed by atoms with Crippen LogP contribution in [0, 0.1) is 6.92 Å². The summed E-state index contributed by atoms with van der Waals surface area (Å²) in [5.74, 6) is 0.0456. The molecule has 1 fully saturated rings. The maximum absolute atomic E-state index is 13.1. The number of carbonyl (C=O) groups excluding carboxylic acids is 1. The van der Waals surface area contributed by atoms with Crippen molar-refractivity contribution in [1.82, 2.24) is 4.90 Å². The molecule has 1 heterocycles. The lowest BCUT2D eigenvalue weighted by molar-refractivity contribution is 0.0722. The third-order valence-electron chi connectivity index (χ3n) is 5.38. The summed E-state index contributed by atoms with van der Waals surface area (Å²) in [5.41, 5.74) is 4.02. The minimum Gasteiger partial charge on any atom is -0.361 e. The number of carbonyl (C=O) groups is 1. The molecule has 0 aliphatic carbocycles. The second-order valence-corrected chi connectivity index (χ2v) is 8.17. The Bertz CT molecular complexity index is 1010. The van der Waals surface area contributed by atoms with Crippen LogP contribution in [-0.4, -0.2) is 30.4 Å². The van der Waals surface area contributed by atoms with Gasteiger partial charge in [0.05, 0.1) is 6.04 Å². The van der Waals surface area contributed by atoms with Gasteiger partial charge in [-0.25, -0.2) is 0 Å². The van der Waals surface area contributed by atoms with Gasteiger partial charge in [0.1, 0.15) is 0 Å². The Balaban J connectivity index is 1.68. The fraction of sp³-hybridized carbons (Fsp3) is 0.208. The number of anilines is 1. The van der Waals surface area contributed by atoms with Crippen molar-refractivity contribution in [3.05, 3.63) is 99.5 Å². The molecule has 3 aromatic rings. The zero-order chi connectivity index (χ0) is 20.4. The van der Waals surface area contributed by atoms with Crippen molar-refractivity contribution in [2.45, 2.75) is 13.0 Å². The normalized spacial score (nSPS) is 16.7. The molecule has 0 saturated carbocycles. The number of hydrogen-bond acceptors (Lipinski definition) is 2. The monoisotopic (exact) mass is 424 g/mol. The van der Waals surface area contributed by atoms with Crippen molar-refractivity contribution < 1.29 is 4.79 Å². The molecule has 0 N–H and O–H groups in total. The summed E-state index contributed by atoms with van der Waals surface area (Å²) in [6, 6.07) is 23.4. The Morgan fingerprint density at radius 3 is 2.34 bits per heavy atom. The van der Waals surface area contributed by atoms with Gasteiger partial charge in [-0.1, -0.05) is 65.2 Å². The molecule has 0 spiro atoms. The van der Waals surface area contributed by atoms with Crippen LogP contribution in [0.3, 0.4) is 0 Å². The molecule has 1 aliphatic rings. The van der Waals surface area contributed by atoms with Gasteiger partial charge in [-0.3, -0.25) is 4.79 Å². The van der Waals surface area contributed by atoms with Crippen LogP contribution in [0.5, 0.6) is 0 Å². The quantitative estimate of drug-likeness (QED) is 0.514. The Hall–Kier alpha value is -2.49. The zero-order valence-corrected chi connectivity index (χ0v) is 17.7. The van der Waals surface area contributed by atoms with E-state index in [-0.39, 0.29) is 11.9 Å². The molecule has 5 heteroatoms. The van der Waals surface area contributed by atoms with Gasteiger partial charge in [-0.05, 0) is 48.9 Å². The molecule has 0 aromatic heterocycles. The summed E-state index contributed by atoms with van der Waals surface area (Å²) in [6.07, 6.45) is 0. The average Bonchev–Trinajstić information content (AvgIpc) is 2.74. The molecule has 1 aliphatic heterocycles. The third-order valence-corrected chi connectivity index (χ3v) is 5.94. The molecule has 1 unspecified atom stereocenters. The van der Waals surface area contributed by atoms with E-state index >= 15 is 0 Å². The lowest BCUT2D eigenvalue weighted by atomic mass is 10.00. The molecule has 0 radical (unpaired) electrons. The van der Waals surface area contributed by atoms with Crippen LogP contribution in [0.2, 0.25) is 10.0 Å². The lowest BCUT2D eigenvalue weighted by Crippen LogP contribution is -2.50. The molecule has 1 amide bonds. The van der Waals surface area contributed by atoms with Crippen LogP contribution in [0.4, 0.5) is 5.69 Å². The number of halogens is 2. The number of hydrogen-bond donors (Lipinski definition) is 0. The van der Waals surface area contributed by atoms with E-state index in [1.54, 1.807) is 6.07 Å². The first kappa shape index (κ1) is 19.8. The third kappa shape index (κ3) is 4.26. The van der Waals surface area contributed by atoms with Crippen molar-refractivity contribution in [2.24, 2.45) is 0 Å². The maximum Gasteiger partial charge on any atom is 0.253 e. The first-order valence-corrected chi connectivity index (χ1v) is 10.4. The highest BCUT2D eigenvalue weighted by atomic mass is 35.5. The SMILES string of the molecule is Cc1ccc(N2CCN(C(=O)c3ccccc3)CC2c2ccc(Cl)cc2Cl)cc1. The topological polar surface area (TPSA) is 23.6 Å². The Morgan fingerprint density at radius 2 is 1.66 bits per heavy atom. The summed E-state index contributed by atoms with van der Waals surface area (Å²) in [5, 5.41) is 1.22. The van der Waals surface area contributed by atoms with Gasteiger partial charge in [-0.15, -0.1) is 0 Å². The fourth-order valence-corrected chi connectivity index (χ4v) is 4.35. The molecular formula is C24H22Cl2N2O. The van der Waals surface area contributed by atoms with Crippen molar-refractivity contribution in [2.75, 3.05) is 24.5 Å². The maximum atomic E-state index is 13.1. The standard InChI is InChI=1S/C24H22Cl2N2O/c1-17-7-10-20(11-8-17)28-14-13-27(24(29)18-5-3-2-4-6-18)16-23(28)21-12-9-19(25)15-22(21)26/h2-12,15,23H,13-14,16H2,1H3. The van der Waals surface area contributed by atoms with Crippen molar-refractivity contribution in [1.29, 1.82) is 0 Å². The van der Waals surface area contributed by atoms with Crippen LogP contribution in [0.15, 0.2) is 72.8 Å². The second-order valence-electron chi connectivity index (χ2n) is 7.33. The predicted molar refractivity (Wildman–Crippen MR) is 120 cm³/mol. The summed E-state index contributed by atoms with van der Waals surface area (Å²) in [4.78, 5) is 17.3. The smallest absolute Gasteiger partial charge is 0.253 e. The number of amides is 1. The zero-order valence-electron chi connectivity index (χ0n) is 16.2. The van der Waals surface area contributed by atoms with Gasteiger partial charge in [-0.2, -0.15) is 0 Å². The molecule has 3 nitrogen and oxygen atoms in total. The molecule has 148 valence electrons. The van der Waals surface area contributed by atoms with E-state index in [1.807, 2.05) is 47.4 Å². The molecule has 3 aromatic carbocycles. The summed E-state index contributed by atoms with van der Waals surface area (Å²) >= 11 is 12.7. The summed E-state index contributed by atoms with van der Waals surface area (Å²) < 4.78 is 0. The van der Waals surface area contributed by atoms with E-state index in [2.05, 4.69) is 36.1 Å². The van der Waals surface area contributed by atoms with Crippen molar-refractivity contribution >= 4 is 34.8 Å². The van der Waals surface area contributed by atoms with Gasteiger partial charge >= 0.3 is 0 Å². The van der Waals surface area contributed by atoms with Crippen LogP contribution < -0.4 is 4.90 Å². The van der Waals surface area contributed by atoms with Gasteiger partial charge < -0.3 is 9.80 Å². The number of nitrogens with zero attached hydrogens (tertiary/aromatic N) is 2. The highest BCUT2D eigenvalue weighted by Crippen LogP contribution is 2.36. The largest absolute Gasteiger partial charge is 0.361 e. The number of piperazine rings is 1. The van der Waals surface area contributed by atoms with Crippen LogP contribution >= 0.6 is 23.2 Å². The van der Waals surface area contributed by atoms with E-state index < -0.39 is 0 Å². The number of benzene rings is 3. The van der Waals surface area contributed by atoms with Gasteiger partial charge in [0.15, 0.2) is 0 Å². The van der Waals surface area contributed by atoms with E-state index in [0.717, 1.165) is 17.8 Å². The van der Waals surface area contributed by atoms with E-state index in [1.165, 1.54) is 5.56 Å². The second kappa shape index (κ2) is 8.48. The molecule has 0 bridgehead atoms. The molecule has 1 atom stereocenters. The van der Waals surface area contributed by atoms with E-state index in [9.17, 15) is 4.79 Å². The first-order valence-electron chi connectivity index (χ1n) is 9.65. The summed E-state index contributed by atoms with van der Waals surface area (Å²) in [7, 11) is 0. The van der Waals surface area contributed by atoms with Crippen molar-refractivity contribution in [3.8, 4) is 0 Å².